The van der Waals surface area contributed by atoms with Gasteiger partial charge >= 0.3 is 0 Å². The van der Waals surface area contributed by atoms with Crippen molar-refractivity contribution in [2.45, 2.75) is 24.3 Å². The second-order valence-corrected chi connectivity index (χ2v) is 5.65. The van der Waals surface area contributed by atoms with Crippen LogP contribution in [0.25, 0.3) is 0 Å². The minimum absolute atomic E-state index is 0. The number of likely N-dealkylation sites (N-methyl/N-ethyl adjacent to an activating group) is 1. The van der Waals surface area contributed by atoms with Crippen LogP contribution < -0.4 is 10.6 Å². The fourth-order valence-corrected chi connectivity index (χ4v) is 2.23. The predicted molar refractivity (Wildman–Crippen MR) is 85.6 cm³/mol. The molecule has 1 aromatic carbocycles. The minimum atomic E-state index is 0. The monoisotopic (exact) mass is 322 g/mol. The molecule has 1 unspecified atom stereocenters. The molecule has 3 nitrogen and oxygen atoms in total. The van der Waals surface area contributed by atoms with E-state index in [9.17, 15) is 4.79 Å². The highest BCUT2D eigenvalue weighted by Gasteiger charge is 2.04. The number of carbonyl (C=O) groups excluding carboxylic acids is 1. The molecule has 0 aliphatic heterocycles. The van der Waals surface area contributed by atoms with Gasteiger partial charge in [-0.25, -0.2) is 0 Å². The number of halogens is 2. The second kappa shape index (κ2) is 10.4. The first kappa shape index (κ1) is 18.6. The van der Waals surface area contributed by atoms with Crippen LogP contribution >= 0.6 is 35.8 Å². The molecule has 6 heteroatoms. The lowest BCUT2D eigenvalue weighted by molar-refractivity contribution is -0.120. The van der Waals surface area contributed by atoms with E-state index in [4.69, 9.17) is 11.6 Å². The molecule has 0 heterocycles. The van der Waals surface area contributed by atoms with Crippen molar-refractivity contribution in [3.63, 3.8) is 0 Å². The number of benzene rings is 1. The van der Waals surface area contributed by atoms with Crippen molar-refractivity contribution in [3.05, 3.63) is 29.3 Å². The van der Waals surface area contributed by atoms with Gasteiger partial charge in [-0.1, -0.05) is 11.6 Å². The second-order valence-electron chi connectivity index (χ2n) is 4.05. The van der Waals surface area contributed by atoms with Crippen molar-refractivity contribution in [1.29, 1.82) is 0 Å². The Morgan fingerprint density at radius 3 is 2.58 bits per heavy atom. The lowest BCUT2D eigenvalue weighted by Gasteiger charge is -2.11. The average Bonchev–Trinajstić information content (AvgIpc) is 2.38. The summed E-state index contributed by atoms with van der Waals surface area (Å²) in [5.74, 6) is 0.875. The third-order valence-corrected chi connectivity index (χ3v) is 3.78. The van der Waals surface area contributed by atoms with Crippen LogP contribution in [-0.4, -0.2) is 31.3 Å². The third kappa shape index (κ3) is 8.37. The summed E-state index contributed by atoms with van der Waals surface area (Å²) in [7, 11) is 1.88. The van der Waals surface area contributed by atoms with Gasteiger partial charge in [0.25, 0.3) is 0 Å². The van der Waals surface area contributed by atoms with Crippen molar-refractivity contribution in [2.75, 3.05) is 19.3 Å². The first-order chi connectivity index (χ1) is 8.61. The molecule has 0 fully saturated rings. The summed E-state index contributed by atoms with van der Waals surface area (Å²) in [5.41, 5.74) is 0. The molecule has 0 radical (unpaired) electrons. The van der Waals surface area contributed by atoms with Crippen LogP contribution in [0.1, 0.15) is 13.3 Å². The Morgan fingerprint density at radius 2 is 2.00 bits per heavy atom. The molecule has 0 spiro atoms. The molecule has 0 bridgehead atoms. The molecule has 1 atom stereocenters. The van der Waals surface area contributed by atoms with Gasteiger partial charge in [0.2, 0.25) is 5.91 Å². The summed E-state index contributed by atoms with van der Waals surface area (Å²) < 4.78 is 0. The van der Waals surface area contributed by atoms with Gasteiger partial charge in [0.15, 0.2) is 0 Å². The van der Waals surface area contributed by atoms with Crippen LogP contribution in [0.15, 0.2) is 29.2 Å². The molecule has 0 saturated carbocycles. The lowest BCUT2D eigenvalue weighted by atomic mass is 10.3. The molecule has 0 saturated heterocycles. The largest absolute Gasteiger partial charge is 0.355 e. The summed E-state index contributed by atoms with van der Waals surface area (Å²) in [6.07, 6.45) is 0.531. The zero-order chi connectivity index (χ0) is 13.4. The molecule has 1 amide bonds. The standard InChI is InChI=1S/C13H19ClN2OS.ClH/c1-10(15-2)9-16-13(17)7-8-18-12-5-3-11(14)4-6-12;/h3-6,10,15H,7-9H2,1-2H3,(H,16,17);1H. The van der Waals surface area contributed by atoms with Crippen molar-refractivity contribution >= 4 is 41.7 Å². The van der Waals surface area contributed by atoms with Gasteiger partial charge < -0.3 is 10.6 Å². The van der Waals surface area contributed by atoms with Gasteiger partial charge in [-0.2, -0.15) is 0 Å². The zero-order valence-corrected chi connectivity index (χ0v) is 13.5. The van der Waals surface area contributed by atoms with Gasteiger partial charge in [-0.05, 0) is 38.2 Å². The van der Waals surface area contributed by atoms with Crippen LogP contribution in [0.4, 0.5) is 0 Å². The van der Waals surface area contributed by atoms with Crippen LogP contribution in [0.5, 0.6) is 0 Å². The molecule has 1 rings (SSSR count). The highest BCUT2D eigenvalue weighted by atomic mass is 35.5. The number of rotatable bonds is 7. The Bertz CT molecular complexity index is 373. The average molecular weight is 323 g/mol. The highest BCUT2D eigenvalue weighted by Crippen LogP contribution is 2.20. The molecule has 0 aliphatic carbocycles. The topological polar surface area (TPSA) is 41.1 Å². The lowest BCUT2D eigenvalue weighted by Crippen LogP contribution is -2.37. The third-order valence-electron chi connectivity index (χ3n) is 2.51. The maximum atomic E-state index is 11.5. The number of hydrogen-bond donors (Lipinski definition) is 2. The normalized spacial score (nSPS) is 11.5. The highest BCUT2D eigenvalue weighted by molar-refractivity contribution is 7.99. The Labute approximate surface area is 130 Å². The number of amides is 1. The zero-order valence-electron chi connectivity index (χ0n) is 11.1. The first-order valence-corrected chi connectivity index (χ1v) is 7.30. The summed E-state index contributed by atoms with van der Waals surface area (Å²) in [6, 6.07) is 7.96. The van der Waals surface area contributed by atoms with Crippen LogP contribution in [0, 0.1) is 0 Å². The molecule has 1 aromatic rings. The van der Waals surface area contributed by atoms with Crippen LogP contribution in [0.3, 0.4) is 0 Å². The number of carbonyl (C=O) groups is 1. The Morgan fingerprint density at radius 1 is 1.37 bits per heavy atom. The van der Waals surface area contributed by atoms with Gasteiger partial charge in [-0.3, -0.25) is 4.79 Å². The summed E-state index contributed by atoms with van der Waals surface area (Å²) in [6.45, 7) is 2.70. The van der Waals surface area contributed by atoms with E-state index >= 15 is 0 Å². The van der Waals surface area contributed by atoms with E-state index in [1.54, 1.807) is 11.8 Å². The molecule has 2 N–H and O–H groups in total. The molecular formula is C13H20Cl2N2OS. The molecule has 19 heavy (non-hydrogen) atoms. The van der Waals surface area contributed by atoms with E-state index in [-0.39, 0.29) is 18.3 Å². The van der Waals surface area contributed by atoms with Gasteiger partial charge in [0.05, 0.1) is 0 Å². The van der Waals surface area contributed by atoms with Crippen molar-refractivity contribution in [3.8, 4) is 0 Å². The number of nitrogens with one attached hydrogen (secondary N) is 2. The van der Waals surface area contributed by atoms with Gasteiger partial charge in [-0.15, -0.1) is 24.2 Å². The Hall–Kier alpha value is -0.420. The van der Waals surface area contributed by atoms with Gasteiger partial charge in [0.1, 0.15) is 0 Å². The van der Waals surface area contributed by atoms with E-state index in [0.29, 0.717) is 19.0 Å². The van der Waals surface area contributed by atoms with Gasteiger partial charge in [0, 0.05) is 34.7 Å². The molecule has 0 aliphatic rings. The Kier molecular flexibility index (Phi) is 10.1. The molecular weight excluding hydrogens is 303 g/mol. The van der Waals surface area contributed by atoms with Crippen molar-refractivity contribution in [2.24, 2.45) is 0 Å². The summed E-state index contributed by atoms with van der Waals surface area (Å²) >= 11 is 7.46. The summed E-state index contributed by atoms with van der Waals surface area (Å²) in [5, 5.41) is 6.70. The quantitative estimate of drug-likeness (QED) is 0.758. The molecule has 0 aromatic heterocycles. The number of thioether (sulfide) groups is 1. The smallest absolute Gasteiger partial charge is 0.220 e. The predicted octanol–water partition coefficient (Wildman–Crippen LogP) is 2.97. The van der Waals surface area contributed by atoms with Crippen LogP contribution in [-0.2, 0) is 4.79 Å². The first-order valence-electron chi connectivity index (χ1n) is 5.94. The Balaban J connectivity index is 0.00000324. The fourth-order valence-electron chi connectivity index (χ4n) is 1.25. The number of hydrogen-bond acceptors (Lipinski definition) is 3. The van der Waals surface area contributed by atoms with E-state index in [2.05, 4.69) is 10.6 Å². The summed E-state index contributed by atoms with van der Waals surface area (Å²) in [4.78, 5) is 12.7. The van der Waals surface area contributed by atoms with Crippen molar-refractivity contribution in [1.82, 2.24) is 10.6 Å². The SMILES string of the molecule is CNC(C)CNC(=O)CCSc1ccc(Cl)cc1.Cl. The minimum Gasteiger partial charge on any atom is -0.355 e. The maximum Gasteiger partial charge on any atom is 0.220 e. The van der Waals surface area contributed by atoms with E-state index < -0.39 is 0 Å². The van der Waals surface area contributed by atoms with Crippen molar-refractivity contribution < 1.29 is 4.79 Å². The van der Waals surface area contributed by atoms with E-state index in [1.165, 1.54) is 0 Å². The van der Waals surface area contributed by atoms with Crippen LogP contribution in [0.2, 0.25) is 5.02 Å². The fraction of sp³-hybridized carbons (Fsp3) is 0.462. The van der Waals surface area contributed by atoms with E-state index in [1.807, 2.05) is 38.2 Å². The van der Waals surface area contributed by atoms with E-state index in [0.717, 1.165) is 15.7 Å². The molecule has 108 valence electrons. The maximum absolute atomic E-state index is 11.5.